The lowest BCUT2D eigenvalue weighted by molar-refractivity contribution is -0.127. The van der Waals surface area contributed by atoms with Crippen LogP contribution in [0.25, 0.3) is 10.2 Å². The number of benzene rings is 1. The molecule has 2 amide bonds. The molecule has 5 nitrogen and oxygen atoms in total. The number of rotatable bonds is 4. The fraction of sp³-hybridized carbons (Fsp3) is 0.312. The van der Waals surface area contributed by atoms with Crippen molar-refractivity contribution >= 4 is 45.1 Å². The molecule has 1 N–H and O–H groups in total. The van der Waals surface area contributed by atoms with Gasteiger partial charge in [-0.1, -0.05) is 18.7 Å². The van der Waals surface area contributed by atoms with E-state index in [1.165, 1.54) is 6.08 Å². The lowest BCUT2D eigenvalue weighted by atomic mass is 10.3. The smallest absolute Gasteiger partial charge is 0.246 e. The quantitative estimate of drug-likeness (QED) is 0.860. The Morgan fingerprint density at radius 1 is 1.43 bits per heavy atom. The van der Waals surface area contributed by atoms with E-state index < -0.39 is 0 Å². The molecular weight excluding hydrogens is 330 g/mol. The summed E-state index contributed by atoms with van der Waals surface area (Å²) in [5, 5.41) is 3.59. The molecule has 0 radical (unpaired) electrons. The number of hydrogen-bond acceptors (Lipinski definition) is 5. The van der Waals surface area contributed by atoms with Crippen molar-refractivity contribution < 1.29 is 9.59 Å². The van der Waals surface area contributed by atoms with Crippen LogP contribution in [0.2, 0.25) is 0 Å². The van der Waals surface area contributed by atoms with Crippen LogP contribution in [0.3, 0.4) is 0 Å². The number of aromatic nitrogens is 1. The first kappa shape index (κ1) is 16.0. The van der Waals surface area contributed by atoms with Gasteiger partial charge in [0.05, 0.1) is 16.8 Å². The van der Waals surface area contributed by atoms with E-state index in [1.807, 2.05) is 24.3 Å². The van der Waals surface area contributed by atoms with Gasteiger partial charge in [-0.05, 0) is 18.2 Å². The number of fused-ring (bicyclic) bond motifs is 1. The van der Waals surface area contributed by atoms with E-state index in [9.17, 15) is 9.59 Å². The van der Waals surface area contributed by atoms with Gasteiger partial charge in [0.1, 0.15) is 10.3 Å². The Hall–Kier alpha value is -1.86. The molecule has 2 heterocycles. The van der Waals surface area contributed by atoms with E-state index in [4.69, 9.17) is 0 Å². The lowest BCUT2D eigenvalue weighted by Crippen LogP contribution is -2.47. The lowest BCUT2D eigenvalue weighted by Gasteiger charge is -2.30. The molecule has 7 heteroatoms. The van der Waals surface area contributed by atoms with Crippen LogP contribution < -0.4 is 5.32 Å². The molecule has 1 aliphatic rings. The van der Waals surface area contributed by atoms with Crippen molar-refractivity contribution in [2.45, 2.75) is 11.8 Å². The van der Waals surface area contributed by atoms with Gasteiger partial charge in [-0.15, -0.1) is 23.1 Å². The average molecular weight is 347 g/mol. The minimum Gasteiger partial charge on any atom is -0.349 e. The Kier molecular flexibility index (Phi) is 4.97. The molecule has 0 aliphatic carbocycles. The number of para-hydroxylation sites is 1. The Morgan fingerprint density at radius 3 is 3.04 bits per heavy atom. The standard InChI is InChI=1S/C16H17N3O2S2/c1-2-15(20)19-7-8-22-13(10-19)16(21)17-9-14-18-11-5-3-4-6-12(11)23-14/h2-6,13H,1,7-10H2,(H,17,21). The SMILES string of the molecule is C=CC(=O)N1CCSC(C(=O)NCc2nc3ccccc3s2)C1. The molecule has 2 aromatic rings. The van der Waals surface area contributed by atoms with Gasteiger partial charge in [-0.25, -0.2) is 4.98 Å². The molecule has 1 aromatic carbocycles. The Balaban J connectivity index is 1.58. The number of hydrogen-bond donors (Lipinski definition) is 1. The summed E-state index contributed by atoms with van der Waals surface area (Å²) in [7, 11) is 0. The van der Waals surface area contributed by atoms with Gasteiger partial charge in [0.25, 0.3) is 0 Å². The van der Waals surface area contributed by atoms with E-state index in [0.717, 1.165) is 21.0 Å². The van der Waals surface area contributed by atoms with Crippen molar-refractivity contribution in [3.8, 4) is 0 Å². The second-order valence-corrected chi connectivity index (χ2v) is 7.57. The molecular formula is C16H17N3O2S2. The van der Waals surface area contributed by atoms with Crippen LogP contribution in [0.1, 0.15) is 5.01 Å². The van der Waals surface area contributed by atoms with Crippen LogP contribution in [0.5, 0.6) is 0 Å². The number of carbonyl (C=O) groups excluding carboxylic acids is 2. The van der Waals surface area contributed by atoms with Crippen LogP contribution >= 0.6 is 23.1 Å². The molecule has 1 aromatic heterocycles. The summed E-state index contributed by atoms with van der Waals surface area (Å²) < 4.78 is 1.12. The van der Waals surface area contributed by atoms with Crippen molar-refractivity contribution in [2.24, 2.45) is 0 Å². The number of thiazole rings is 1. The van der Waals surface area contributed by atoms with Crippen molar-refractivity contribution in [3.05, 3.63) is 41.9 Å². The van der Waals surface area contributed by atoms with Crippen LogP contribution in [-0.4, -0.2) is 45.8 Å². The molecule has 1 unspecified atom stereocenters. The predicted molar refractivity (Wildman–Crippen MR) is 94.5 cm³/mol. The third-order valence-corrected chi connectivity index (χ3v) is 5.82. The zero-order valence-electron chi connectivity index (χ0n) is 12.5. The predicted octanol–water partition coefficient (Wildman–Crippen LogP) is 2.04. The molecule has 23 heavy (non-hydrogen) atoms. The third kappa shape index (κ3) is 3.73. The maximum atomic E-state index is 12.3. The van der Waals surface area contributed by atoms with E-state index in [2.05, 4.69) is 16.9 Å². The molecule has 3 rings (SSSR count). The zero-order chi connectivity index (χ0) is 16.2. The number of amides is 2. The van der Waals surface area contributed by atoms with Crippen molar-refractivity contribution in [1.82, 2.24) is 15.2 Å². The normalized spacial score (nSPS) is 17.9. The largest absolute Gasteiger partial charge is 0.349 e. The number of thioether (sulfide) groups is 1. The monoisotopic (exact) mass is 347 g/mol. The highest BCUT2D eigenvalue weighted by Crippen LogP contribution is 2.22. The van der Waals surface area contributed by atoms with Gasteiger partial charge >= 0.3 is 0 Å². The molecule has 1 saturated heterocycles. The summed E-state index contributed by atoms with van der Waals surface area (Å²) in [6.07, 6.45) is 1.30. The summed E-state index contributed by atoms with van der Waals surface area (Å²) in [6, 6.07) is 7.92. The molecule has 1 aliphatic heterocycles. The van der Waals surface area contributed by atoms with Crippen LogP contribution in [0.4, 0.5) is 0 Å². The van der Waals surface area contributed by atoms with Gasteiger partial charge in [-0.3, -0.25) is 9.59 Å². The molecule has 1 fully saturated rings. The first-order valence-electron chi connectivity index (χ1n) is 7.32. The minimum atomic E-state index is -0.234. The highest BCUT2D eigenvalue weighted by molar-refractivity contribution is 8.00. The van der Waals surface area contributed by atoms with Gasteiger partial charge in [0.15, 0.2) is 0 Å². The number of nitrogens with zero attached hydrogens (tertiary/aromatic N) is 2. The van der Waals surface area contributed by atoms with Crippen molar-refractivity contribution in [3.63, 3.8) is 0 Å². The third-order valence-electron chi connectivity index (χ3n) is 3.60. The molecule has 0 saturated carbocycles. The van der Waals surface area contributed by atoms with Crippen molar-refractivity contribution in [2.75, 3.05) is 18.8 Å². The van der Waals surface area contributed by atoms with E-state index in [1.54, 1.807) is 28.0 Å². The second-order valence-electron chi connectivity index (χ2n) is 5.14. The van der Waals surface area contributed by atoms with Gasteiger partial charge in [0.2, 0.25) is 11.8 Å². The number of carbonyl (C=O) groups is 2. The van der Waals surface area contributed by atoms with Gasteiger partial charge in [-0.2, -0.15) is 0 Å². The topological polar surface area (TPSA) is 62.3 Å². The summed E-state index contributed by atoms with van der Waals surface area (Å²) in [4.78, 5) is 30.2. The van der Waals surface area contributed by atoms with E-state index in [0.29, 0.717) is 19.6 Å². The molecule has 0 bridgehead atoms. The minimum absolute atomic E-state index is 0.0455. The Labute approximate surface area is 142 Å². The molecule has 1 atom stereocenters. The highest BCUT2D eigenvalue weighted by atomic mass is 32.2. The zero-order valence-corrected chi connectivity index (χ0v) is 14.2. The second kappa shape index (κ2) is 7.14. The fourth-order valence-corrected chi connectivity index (χ4v) is 4.45. The van der Waals surface area contributed by atoms with Crippen LogP contribution in [-0.2, 0) is 16.1 Å². The summed E-state index contributed by atoms with van der Waals surface area (Å²) in [5.41, 5.74) is 0.955. The fourth-order valence-electron chi connectivity index (χ4n) is 2.41. The van der Waals surface area contributed by atoms with Gasteiger partial charge < -0.3 is 10.2 Å². The highest BCUT2D eigenvalue weighted by Gasteiger charge is 2.28. The van der Waals surface area contributed by atoms with E-state index in [-0.39, 0.29) is 17.1 Å². The van der Waals surface area contributed by atoms with Gasteiger partial charge in [0, 0.05) is 18.8 Å². The maximum absolute atomic E-state index is 12.3. The van der Waals surface area contributed by atoms with Crippen LogP contribution in [0.15, 0.2) is 36.9 Å². The average Bonchev–Trinajstić information content (AvgIpc) is 3.02. The molecule has 0 spiro atoms. The summed E-state index contributed by atoms with van der Waals surface area (Å²) in [6.45, 7) is 5.01. The Bertz CT molecular complexity index is 711. The van der Waals surface area contributed by atoms with E-state index >= 15 is 0 Å². The maximum Gasteiger partial charge on any atom is 0.246 e. The summed E-state index contributed by atoms with van der Waals surface area (Å²) >= 11 is 3.17. The number of nitrogens with one attached hydrogen (secondary N) is 1. The first-order valence-corrected chi connectivity index (χ1v) is 9.19. The molecule has 120 valence electrons. The van der Waals surface area contributed by atoms with Crippen molar-refractivity contribution in [1.29, 1.82) is 0 Å². The Morgan fingerprint density at radius 2 is 2.26 bits per heavy atom. The summed E-state index contributed by atoms with van der Waals surface area (Å²) in [5.74, 6) is 0.601. The van der Waals surface area contributed by atoms with Crippen LogP contribution in [0, 0.1) is 0 Å². The first-order chi connectivity index (χ1) is 11.2.